The topological polar surface area (TPSA) is 86.2 Å². The van der Waals surface area contributed by atoms with E-state index in [9.17, 15) is 4.79 Å². The fourth-order valence-electron chi connectivity index (χ4n) is 2.11. The molecule has 0 radical (unpaired) electrons. The van der Waals surface area contributed by atoms with Crippen LogP contribution >= 0.6 is 0 Å². The Morgan fingerprint density at radius 1 is 1.12 bits per heavy atom. The molecular formula is C18H16N4O3. The highest BCUT2D eigenvalue weighted by Gasteiger charge is 2.13. The average molecular weight is 336 g/mol. The van der Waals surface area contributed by atoms with Gasteiger partial charge in [-0.15, -0.1) is 5.10 Å². The smallest absolute Gasteiger partial charge is 0.261 e. The van der Waals surface area contributed by atoms with E-state index in [2.05, 4.69) is 20.5 Å². The van der Waals surface area contributed by atoms with Crippen LogP contribution in [0, 0.1) is 0 Å². The molecule has 0 aliphatic heterocycles. The molecule has 1 amide bonds. The first-order chi connectivity index (χ1) is 12.3. The first-order valence-electron chi connectivity index (χ1n) is 7.71. The molecule has 0 spiro atoms. The summed E-state index contributed by atoms with van der Waals surface area (Å²) < 4.78 is 11.0. The normalized spacial score (nSPS) is 10.1. The van der Waals surface area contributed by atoms with E-state index in [1.165, 1.54) is 0 Å². The highest BCUT2D eigenvalue weighted by atomic mass is 16.5. The molecule has 7 nitrogen and oxygen atoms in total. The molecule has 0 saturated heterocycles. The molecule has 0 bridgehead atoms. The number of carbonyl (C=O) groups excluding carboxylic acids is 1. The second-order valence-corrected chi connectivity index (χ2v) is 4.94. The van der Waals surface area contributed by atoms with Crippen LogP contribution in [0.1, 0.15) is 17.3 Å². The van der Waals surface area contributed by atoms with Crippen molar-refractivity contribution in [3.8, 4) is 17.5 Å². The van der Waals surface area contributed by atoms with Gasteiger partial charge in [0, 0.05) is 30.2 Å². The fourth-order valence-corrected chi connectivity index (χ4v) is 2.11. The number of pyridine rings is 1. The minimum absolute atomic E-state index is 0.300. The maximum absolute atomic E-state index is 12.5. The summed E-state index contributed by atoms with van der Waals surface area (Å²) in [5.74, 6) is 0.897. The molecule has 0 aliphatic rings. The third-order valence-electron chi connectivity index (χ3n) is 3.16. The summed E-state index contributed by atoms with van der Waals surface area (Å²) in [6, 6.07) is 13.8. The fraction of sp³-hybridized carbons (Fsp3) is 0.111. The number of hydrogen-bond donors (Lipinski definition) is 1. The highest BCUT2D eigenvalue weighted by molar-refractivity contribution is 6.05. The molecule has 1 aromatic carbocycles. The van der Waals surface area contributed by atoms with Gasteiger partial charge in [0.15, 0.2) is 0 Å². The predicted octanol–water partition coefficient (Wildman–Crippen LogP) is 3.31. The molecule has 0 fully saturated rings. The number of hydrogen-bond acceptors (Lipinski definition) is 6. The van der Waals surface area contributed by atoms with Gasteiger partial charge in [-0.2, -0.15) is 5.10 Å². The SMILES string of the molecule is CCOc1ncccc1C(=O)Nc1cccc(Oc2cccnn2)c1. The van der Waals surface area contributed by atoms with Gasteiger partial charge < -0.3 is 14.8 Å². The predicted molar refractivity (Wildman–Crippen MR) is 91.9 cm³/mol. The third-order valence-corrected chi connectivity index (χ3v) is 3.16. The summed E-state index contributed by atoms with van der Waals surface area (Å²) in [4.78, 5) is 16.6. The molecule has 1 N–H and O–H groups in total. The van der Waals surface area contributed by atoms with Gasteiger partial charge >= 0.3 is 0 Å². The first-order valence-corrected chi connectivity index (χ1v) is 7.71. The Morgan fingerprint density at radius 3 is 2.80 bits per heavy atom. The zero-order valence-corrected chi connectivity index (χ0v) is 13.5. The molecule has 0 aliphatic carbocycles. The summed E-state index contributed by atoms with van der Waals surface area (Å²) in [5, 5.41) is 10.4. The molecule has 2 aromatic heterocycles. The Morgan fingerprint density at radius 2 is 2.00 bits per heavy atom. The Bertz CT molecular complexity index is 856. The Labute approximate surface area is 144 Å². The quantitative estimate of drug-likeness (QED) is 0.743. The molecule has 25 heavy (non-hydrogen) atoms. The van der Waals surface area contributed by atoms with E-state index in [1.54, 1.807) is 60.9 Å². The second-order valence-electron chi connectivity index (χ2n) is 4.94. The van der Waals surface area contributed by atoms with E-state index in [1.807, 2.05) is 6.92 Å². The lowest BCUT2D eigenvalue weighted by molar-refractivity contribution is 0.102. The van der Waals surface area contributed by atoms with Gasteiger partial charge in [-0.05, 0) is 37.3 Å². The number of carbonyl (C=O) groups is 1. The lowest BCUT2D eigenvalue weighted by Gasteiger charge is -2.10. The monoisotopic (exact) mass is 336 g/mol. The summed E-state index contributed by atoms with van der Waals surface area (Å²) >= 11 is 0. The summed E-state index contributed by atoms with van der Waals surface area (Å²) in [7, 11) is 0. The molecule has 0 unspecified atom stereocenters. The van der Waals surface area contributed by atoms with Crippen molar-refractivity contribution >= 4 is 11.6 Å². The van der Waals surface area contributed by atoms with Crippen molar-refractivity contribution in [3.63, 3.8) is 0 Å². The van der Waals surface area contributed by atoms with Crippen LogP contribution in [-0.2, 0) is 0 Å². The van der Waals surface area contributed by atoms with Crippen LogP contribution in [0.4, 0.5) is 5.69 Å². The van der Waals surface area contributed by atoms with E-state index in [0.29, 0.717) is 35.4 Å². The van der Waals surface area contributed by atoms with Gasteiger partial charge in [0.25, 0.3) is 5.91 Å². The lowest BCUT2D eigenvalue weighted by Crippen LogP contribution is -2.14. The molecule has 2 heterocycles. The Balaban J connectivity index is 1.75. The van der Waals surface area contributed by atoms with Crippen LogP contribution < -0.4 is 14.8 Å². The molecule has 0 atom stereocenters. The van der Waals surface area contributed by atoms with E-state index < -0.39 is 0 Å². The van der Waals surface area contributed by atoms with Crippen molar-refractivity contribution < 1.29 is 14.3 Å². The van der Waals surface area contributed by atoms with Crippen LogP contribution in [-0.4, -0.2) is 27.7 Å². The highest BCUT2D eigenvalue weighted by Crippen LogP contribution is 2.23. The average Bonchev–Trinajstić information content (AvgIpc) is 2.63. The molecule has 126 valence electrons. The largest absolute Gasteiger partial charge is 0.477 e. The van der Waals surface area contributed by atoms with Crippen molar-refractivity contribution in [2.75, 3.05) is 11.9 Å². The minimum atomic E-state index is -0.312. The number of benzene rings is 1. The van der Waals surface area contributed by atoms with Crippen molar-refractivity contribution in [2.24, 2.45) is 0 Å². The number of anilines is 1. The van der Waals surface area contributed by atoms with Gasteiger partial charge in [0.05, 0.1) is 6.61 Å². The van der Waals surface area contributed by atoms with Crippen molar-refractivity contribution in [1.29, 1.82) is 0 Å². The molecule has 0 saturated carbocycles. The number of nitrogens with one attached hydrogen (secondary N) is 1. The van der Waals surface area contributed by atoms with Gasteiger partial charge in [-0.3, -0.25) is 4.79 Å². The van der Waals surface area contributed by atoms with Crippen molar-refractivity contribution in [3.05, 3.63) is 66.5 Å². The van der Waals surface area contributed by atoms with Gasteiger partial charge in [0.2, 0.25) is 11.8 Å². The van der Waals surface area contributed by atoms with Crippen LogP contribution in [0.25, 0.3) is 0 Å². The Kier molecular flexibility index (Phi) is 5.16. The summed E-state index contributed by atoms with van der Waals surface area (Å²) in [6.45, 7) is 2.27. The maximum Gasteiger partial charge on any atom is 0.261 e. The van der Waals surface area contributed by atoms with E-state index >= 15 is 0 Å². The second kappa shape index (κ2) is 7.87. The summed E-state index contributed by atoms with van der Waals surface area (Å²) in [5.41, 5.74) is 0.947. The standard InChI is InChI=1S/C18H16N4O3/c1-2-24-18-15(8-4-10-19-18)17(23)21-13-6-3-7-14(12-13)25-16-9-5-11-20-22-16/h3-12H,2H2,1H3,(H,21,23). The minimum Gasteiger partial charge on any atom is -0.477 e. The van der Waals surface area contributed by atoms with Crippen LogP contribution in [0.15, 0.2) is 60.9 Å². The zero-order valence-electron chi connectivity index (χ0n) is 13.5. The maximum atomic E-state index is 12.5. The molecule has 3 rings (SSSR count). The number of rotatable bonds is 6. The van der Waals surface area contributed by atoms with Gasteiger partial charge in [-0.1, -0.05) is 6.07 Å². The van der Waals surface area contributed by atoms with Crippen molar-refractivity contribution in [1.82, 2.24) is 15.2 Å². The summed E-state index contributed by atoms with van der Waals surface area (Å²) in [6.07, 6.45) is 3.14. The third kappa shape index (κ3) is 4.29. The first kappa shape index (κ1) is 16.4. The number of aromatic nitrogens is 3. The lowest BCUT2D eigenvalue weighted by atomic mass is 10.2. The van der Waals surface area contributed by atoms with Crippen molar-refractivity contribution in [2.45, 2.75) is 6.92 Å². The van der Waals surface area contributed by atoms with Crippen LogP contribution in [0.5, 0.6) is 17.5 Å². The molecule has 3 aromatic rings. The molecule has 7 heteroatoms. The molecular weight excluding hydrogens is 320 g/mol. The van der Waals surface area contributed by atoms with E-state index in [-0.39, 0.29) is 5.91 Å². The van der Waals surface area contributed by atoms with Crippen LogP contribution in [0.3, 0.4) is 0 Å². The van der Waals surface area contributed by atoms with Crippen LogP contribution in [0.2, 0.25) is 0 Å². The Hall–Kier alpha value is -3.48. The number of nitrogens with zero attached hydrogens (tertiary/aromatic N) is 3. The van der Waals surface area contributed by atoms with E-state index in [0.717, 1.165) is 0 Å². The zero-order chi connectivity index (χ0) is 17.5. The van der Waals surface area contributed by atoms with Gasteiger partial charge in [-0.25, -0.2) is 4.98 Å². The van der Waals surface area contributed by atoms with Gasteiger partial charge in [0.1, 0.15) is 11.3 Å². The van der Waals surface area contributed by atoms with E-state index in [4.69, 9.17) is 9.47 Å². The number of ether oxygens (including phenoxy) is 2. The number of amides is 1.